The minimum Gasteiger partial charge on any atom is -0.393 e. The summed E-state index contributed by atoms with van der Waals surface area (Å²) in [6.07, 6.45) is 0.224. The van der Waals surface area contributed by atoms with Crippen LogP contribution in [0.15, 0.2) is 30.3 Å². The van der Waals surface area contributed by atoms with Crippen LogP contribution in [0.4, 0.5) is 0 Å². The third-order valence-electron chi connectivity index (χ3n) is 3.46. The minimum absolute atomic E-state index is 0.177. The maximum absolute atomic E-state index is 12.2. The molecule has 22 heavy (non-hydrogen) atoms. The Morgan fingerprint density at radius 3 is 2.73 bits per heavy atom. The quantitative estimate of drug-likeness (QED) is 0.887. The van der Waals surface area contributed by atoms with Crippen LogP contribution in [0.2, 0.25) is 5.02 Å². The first-order valence-corrected chi connectivity index (χ1v) is 7.67. The predicted molar refractivity (Wildman–Crippen MR) is 89.2 cm³/mol. The Morgan fingerprint density at radius 2 is 2.05 bits per heavy atom. The summed E-state index contributed by atoms with van der Waals surface area (Å²) in [5.41, 5.74) is 0.885. The fraction of sp³-hybridized carbons (Fsp3) is 0.412. The van der Waals surface area contributed by atoms with Crippen LogP contribution in [-0.4, -0.2) is 28.6 Å². The van der Waals surface area contributed by atoms with Crippen molar-refractivity contribution in [2.24, 2.45) is 5.41 Å². The monoisotopic (exact) mass is 320 g/mol. The minimum atomic E-state index is -0.396. The average Bonchev–Trinajstić information content (AvgIpc) is 2.42. The number of halogens is 1. The Kier molecular flexibility index (Phi) is 5.04. The number of hydrogen-bond donors (Lipinski definition) is 2. The van der Waals surface area contributed by atoms with Crippen LogP contribution in [-0.2, 0) is 0 Å². The van der Waals surface area contributed by atoms with E-state index in [-0.39, 0.29) is 11.3 Å². The zero-order valence-electron chi connectivity index (χ0n) is 13.1. The molecule has 0 bridgehead atoms. The topological polar surface area (TPSA) is 62.2 Å². The predicted octanol–water partition coefficient (Wildman–Crippen LogP) is 3.42. The molecule has 2 aromatic rings. The van der Waals surface area contributed by atoms with Crippen LogP contribution in [0.3, 0.4) is 0 Å². The standard InChI is InChI=1S/C17H21ClN2O2/c1-11(21)9-17(2,3)10-19-16(22)14-7-5-12-4-6-13(18)8-15(12)20-14/h4-8,11,21H,9-10H2,1-3H3,(H,19,22). The van der Waals surface area contributed by atoms with Crippen molar-refractivity contribution in [3.63, 3.8) is 0 Å². The fourth-order valence-electron chi connectivity index (χ4n) is 2.50. The maximum atomic E-state index is 12.2. The highest BCUT2D eigenvalue weighted by Gasteiger charge is 2.21. The molecule has 0 saturated heterocycles. The summed E-state index contributed by atoms with van der Waals surface area (Å²) in [7, 11) is 0. The summed E-state index contributed by atoms with van der Waals surface area (Å²) < 4.78 is 0. The molecule has 0 spiro atoms. The van der Waals surface area contributed by atoms with Crippen molar-refractivity contribution in [2.45, 2.75) is 33.3 Å². The van der Waals surface area contributed by atoms with Gasteiger partial charge in [0.2, 0.25) is 0 Å². The third kappa shape index (κ3) is 4.42. The normalized spacial score (nSPS) is 13.1. The lowest BCUT2D eigenvalue weighted by molar-refractivity contribution is 0.0897. The van der Waals surface area contributed by atoms with Crippen molar-refractivity contribution in [1.82, 2.24) is 10.3 Å². The Labute approximate surface area is 135 Å². The number of hydrogen-bond acceptors (Lipinski definition) is 3. The van der Waals surface area contributed by atoms with E-state index in [1.165, 1.54) is 0 Å². The lowest BCUT2D eigenvalue weighted by atomic mass is 9.87. The van der Waals surface area contributed by atoms with Crippen molar-refractivity contribution >= 4 is 28.4 Å². The van der Waals surface area contributed by atoms with E-state index in [9.17, 15) is 9.90 Å². The fourth-order valence-corrected chi connectivity index (χ4v) is 2.67. The van der Waals surface area contributed by atoms with Gasteiger partial charge in [-0.05, 0) is 37.0 Å². The van der Waals surface area contributed by atoms with Gasteiger partial charge < -0.3 is 10.4 Å². The van der Waals surface area contributed by atoms with Gasteiger partial charge in [0.05, 0.1) is 11.6 Å². The zero-order valence-corrected chi connectivity index (χ0v) is 13.8. The Balaban J connectivity index is 2.09. The molecule has 1 atom stereocenters. The summed E-state index contributed by atoms with van der Waals surface area (Å²) in [6, 6.07) is 8.97. The van der Waals surface area contributed by atoms with Gasteiger partial charge in [0.15, 0.2) is 0 Å². The van der Waals surface area contributed by atoms with Gasteiger partial charge in [0, 0.05) is 17.0 Å². The molecule has 0 aliphatic carbocycles. The van der Waals surface area contributed by atoms with Crippen LogP contribution in [0, 0.1) is 5.41 Å². The van der Waals surface area contributed by atoms with Gasteiger partial charge in [-0.15, -0.1) is 0 Å². The van der Waals surface area contributed by atoms with Gasteiger partial charge in [-0.2, -0.15) is 0 Å². The van der Waals surface area contributed by atoms with Crippen LogP contribution in [0.1, 0.15) is 37.7 Å². The number of aliphatic hydroxyl groups is 1. The highest BCUT2D eigenvalue weighted by atomic mass is 35.5. The van der Waals surface area contributed by atoms with Crippen LogP contribution in [0.5, 0.6) is 0 Å². The van der Waals surface area contributed by atoms with Gasteiger partial charge >= 0.3 is 0 Å². The van der Waals surface area contributed by atoms with Gasteiger partial charge in [-0.3, -0.25) is 4.79 Å². The second-order valence-electron chi connectivity index (χ2n) is 6.43. The number of aliphatic hydroxyl groups excluding tert-OH is 1. The Morgan fingerprint density at radius 1 is 1.36 bits per heavy atom. The zero-order chi connectivity index (χ0) is 16.3. The van der Waals surface area contributed by atoms with E-state index >= 15 is 0 Å². The van der Waals surface area contributed by atoms with Gasteiger partial charge in [-0.25, -0.2) is 4.98 Å². The molecule has 118 valence electrons. The molecule has 2 rings (SSSR count). The highest BCUT2D eigenvalue weighted by Crippen LogP contribution is 2.21. The lowest BCUT2D eigenvalue weighted by Crippen LogP contribution is -2.36. The number of carbonyl (C=O) groups excluding carboxylic acids is 1. The van der Waals surface area contributed by atoms with E-state index < -0.39 is 6.10 Å². The Bertz CT molecular complexity index is 683. The average molecular weight is 321 g/mol. The number of carbonyl (C=O) groups is 1. The van der Waals surface area contributed by atoms with E-state index in [4.69, 9.17) is 11.6 Å². The lowest BCUT2D eigenvalue weighted by Gasteiger charge is -2.26. The molecule has 1 aromatic carbocycles. The summed E-state index contributed by atoms with van der Waals surface area (Å²) in [5.74, 6) is -0.222. The molecule has 1 amide bonds. The second-order valence-corrected chi connectivity index (χ2v) is 6.87. The van der Waals surface area contributed by atoms with Crippen LogP contribution >= 0.6 is 11.6 Å². The molecular weight excluding hydrogens is 300 g/mol. The van der Waals surface area contributed by atoms with Gasteiger partial charge in [-0.1, -0.05) is 37.6 Å². The summed E-state index contributed by atoms with van der Waals surface area (Å²) in [5, 5.41) is 13.9. The molecule has 2 N–H and O–H groups in total. The SMILES string of the molecule is CC(O)CC(C)(C)CNC(=O)c1ccc2ccc(Cl)cc2n1. The number of amides is 1. The summed E-state index contributed by atoms with van der Waals surface area (Å²) >= 11 is 5.96. The Hall–Kier alpha value is -1.65. The molecule has 1 heterocycles. The molecule has 1 aromatic heterocycles. The number of benzene rings is 1. The number of fused-ring (bicyclic) bond motifs is 1. The summed E-state index contributed by atoms with van der Waals surface area (Å²) in [4.78, 5) is 16.6. The summed E-state index contributed by atoms with van der Waals surface area (Å²) in [6.45, 7) is 6.24. The third-order valence-corrected chi connectivity index (χ3v) is 3.70. The first-order chi connectivity index (χ1) is 10.3. The molecule has 4 nitrogen and oxygen atoms in total. The van der Waals surface area contributed by atoms with Crippen LogP contribution in [0.25, 0.3) is 10.9 Å². The molecule has 0 aliphatic heterocycles. The van der Waals surface area contributed by atoms with E-state index in [0.717, 1.165) is 5.39 Å². The number of aromatic nitrogens is 1. The maximum Gasteiger partial charge on any atom is 0.269 e. The molecule has 0 fully saturated rings. The first-order valence-electron chi connectivity index (χ1n) is 7.29. The van der Waals surface area contributed by atoms with E-state index in [2.05, 4.69) is 10.3 Å². The van der Waals surface area contributed by atoms with Crippen molar-refractivity contribution in [1.29, 1.82) is 0 Å². The van der Waals surface area contributed by atoms with E-state index in [1.807, 2.05) is 26.0 Å². The van der Waals surface area contributed by atoms with E-state index in [0.29, 0.717) is 29.2 Å². The molecule has 5 heteroatoms. The molecule has 0 radical (unpaired) electrons. The van der Waals surface area contributed by atoms with Crippen molar-refractivity contribution in [3.05, 3.63) is 41.0 Å². The molecule has 1 unspecified atom stereocenters. The molecular formula is C17H21ClN2O2. The number of pyridine rings is 1. The van der Waals surface area contributed by atoms with E-state index in [1.54, 1.807) is 25.1 Å². The highest BCUT2D eigenvalue weighted by molar-refractivity contribution is 6.31. The van der Waals surface area contributed by atoms with Gasteiger partial charge in [0.1, 0.15) is 5.69 Å². The van der Waals surface area contributed by atoms with Gasteiger partial charge in [0.25, 0.3) is 5.91 Å². The molecule has 0 aliphatic rings. The largest absolute Gasteiger partial charge is 0.393 e. The molecule has 0 saturated carbocycles. The second kappa shape index (κ2) is 6.63. The van der Waals surface area contributed by atoms with Crippen LogP contribution < -0.4 is 5.32 Å². The van der Waals surface area contributed by atoms with Crippen molar-refractivity contribution < 1.29 is 9.90 Å². The number of nitrogens with zero attached hydrogens (tertiary/aromatic N) is 1. The smallest absolute Gasteiger partial charge is 0.269 e. The van der Waals surface area contributed by atoms with Crippen molar-refractivity contribution in [3.8, 4) is 0 Å². The first kappa shape index (κ1) is 16.7. The number of nitrogens with one attached hydrogen (secondary N) is 1. The van der Waals surface area contributed by atoms with Crippen molar-refractivity contribution in [2.75, 3.05) is 6.54 Å². The number of rotatable bonds is 5.